The number of hydrogen-bond acceptors (Lipinski definition) is 3. The molecule has 2 aromatic carbocycles. The average Bonchev–Trinajstić information content (AvgIpc) is 2.70. The zero-order valence-corrected chi connectivity index (χ0v) is 17.2. The van der Waals surface area contributed by atoms with E-state index in [0.29, 0.717) is 30.0 Å². The van der Waals surface area contributed by atoms with Crippen molar-refractivity contribution in [1.29, 1.82) is 0 Å². The highest BCUT2D eigenvalue weighted by Gasteiger charge is 2.26. The van der Waals surface area contributed by atoms with Crippen LogP contribution in [0.1, 0.15) is 25.3 Å². The molecule has 30 heavy (non-hydrogen) atoms. The third-order valence-corrected chi connectivity index (χ3v) is 4.53. The Labute approximate surface area is 175 Å². The molecule has 0 bridgehead atoms. The van der Waals surface area contributed by atoms with Crippen LogP contribution in [0.5, 0.6) is 5.75 Å². The summed E-state index contributed by atoms with van der Waals surface area (Å²) in [5.41, 5.74) is 1.06. The molecule has 1 N–H and O–H groups in total. The maximum absolute atomic E-state index is 13.5. The number of nitrogens with zero attached hydrogens (tertiary/aromatic N) is 1. The van der Waals surface area contributed by atoms with Gasteiger partial charge in [0.15, 0.2) is 0 Å². The molecule has 0 aliphatic heterocycles. The SMILES string of the molecule is C=CCCN(C(=O)[C@H](CCc1cc(F)cc(F)c1)NC(C)=O)c1ccc(OC)cc1. The van der Waals surface area contributed by atoms with E-state index >= 15 is 0 Å². The quantitative estimate of drug-likeness (QED) is 0.595. The van der Waals surface area contributed by atoms with Gasteiger partial charge in [0.05, 0.1) is 7.11 Å². The average molecular weight is 416 g/mol. The number of halogens is 2. The van der Waals surface area contributed by atoms with Gasteiger partial charge in [-0.05, 0) is 61.2 Å². The van der Waals surface area contributed by atoms with Crippen molar-refractivity contribution in [3.8, 4) is 5.75 Å². The molecule has 0 spiro atoms. The van der Waals surface area contributed by atoms with Gasteiger partial charge in [0.1, 0.15) is 23.4 Å². The number of anilines is 1. The Kier molecular flexibility index (Phi) is 8.53. The second kappa shape index (κ2) is 11.1. The topological polar surface area (TPSA) is 58.6 Å². The lowest BCUT2D eigenvalue weighted by Crippen LogP contribution is -2.48. The van der Waals surface area contributed by atoms with Crippen molar-refractivity contribution in [3.63, 3.8) is 0 Å². The first-order valence-electron chi connectivity index (χ1n) is 9.62. The molecule has 0 saturated heterocycles. The number of ether oxygens (including phenoxy) is 1. The summed E-state index contributed by atoms with van der Waals surface area (Å²) in [7, 11) is 1.55. The van der Waals surface area contributed by atoms with Crippen molar-refractivity contribution in [2.45, 2.75) is 32.2 Å². The normalized spacial score (nSPS) is 11.5. The van der Waals surface area contributed by atoms with E-state index in [9.17, 15) is 18.4 Å². The number of methoxy groups -OCH3 is 1. The minimum atomic E-state index is -0.847. The molecular weight excluding hydrogens is 390 g/mol. The summed E-state index contributed by atoms with van der Waals surface area (Å²) in [6, 6.07) is 9.38. The Bertz CT molecular complexity index is 864. The summed E-state index contributed by atoms with van der Waals surface area (Å²) in [6.07, 6.45) is 2.68. The van der Waals surface area contributed by atoms with Crippen molar-refractivity contribution in [1.82, 2.24) is 5.32 Å². The van der Waals surface area contributed by atoms with Crippen LogP contribution in [0.3, 0.4) is 0 Å². The molecule has 2 rings (SSSR count). The third kappa shape index (κ3) is 6.69. The Morgan fingerprint density at radius 1 is 1.17 bits per heavy atom. The molecule has 2 aromatic rings. The van der Waals surface area contributed by atoms with E-state index in [-0.39, 0.29) is 24.7 Å². The van der Waals surface area contributed by atoms with Crippen molar-refractivity contribution in [3.05, 3.63) is 72.3 Å². The van der Waals surface area contributed by atoms with E-state index in [0.717, 1.165) is 6.07 Å². The minimum Gasteiger partial charge on any atom is -0.497 e. The fourth-order valence-corrected chi connectivity index (χ4v) is 3.11. The van der Waals surface area contributed by atoms with Crippen molar-refractivity contribution in [2.75, 3.05) is 18.6 Å². The van der Waals surface area contributed by atoms with Gasteiger partial charge in [0.25, 0.3) is 0 Å². The summed E-state index contributed by atoms with van der Waals surface area (Å²) in [5.74, 6) is -1.39. The van der Waals surface area contributed by atoms with E-state index in [4.69, 9.17) is 4.74 Å². The molecule has 0 unspecified atom stereocenters. The fraction of sp³-hybridized carbons (Fsp3) is 0.304. The van der Waals surface area contributed by atoms with Gasteiger partial charge in [-0.15, -0.1) is 6.58 Å². The molecule has 0 heterocycles. The Balaban J connectivity index is 2.24. The molecular formula is C23H26F2N2O3. The Morgan fingerprint density at radius 3 is 2.33 bits per heavy atom. The van der Waals surface area contributed by atoms with E-state index < -0.39 is 17.7 Å². The molecule has 5 nitrogen and oxygen atoms in total. The summed E-state index contributed by atoms with van der Waals surface area (Å²) < 4.78 is 32.1. The first-order chi connectivity index (χ1) is 14.3. The van der Waals surface area contributed by atoms with E-state index in [1.165, 1.54) is 19.1 Å². The van der Waals surface area contributed by atoms with Crippen LogP contribution in [0, 0.1) is 11.6 Å². The van der Waals surface area contributed by atoms with E-state index in [1.54, 1.807) is 42.4 Å². The summed E-state index contributed by atoms with van der Waals surface area (Å²) >= 11 is 0. The Hall–Kier alpha value is -3.22. The zero-order chi connectivity index (χ0) is 22.1. The number of amides is 2. The third-order valence-electron chi connectivity index (χ3n) is 4.53. The first-order valence-corrected chi connectivity index (χ1v) is 9.62. The molecule has 2 amide bonds. The maximum Gasteiger partial charge on any atom is 0.249 e. The van der Waals surface area contributed by atoms with Crippen LogP contribution in [0.4, 0.5) is 14.5 Å². The predicted molar refractivity (Wildman–Crippen MR) is 112 cm³/mol. The molecule has 0 aromatic heterocycles. The van der Waals surface area contributed by atoms with E-state index in [1.807, 2.05) is 0 Å². The number of benzene rings is 2. The molecule has 0 saturated carbocycles. The van der Waals surface area contributed by atoms with Gasteiger partial charge >= 0.3 is 0 Å². The standard InChI is InChI=1S/C23H26F2N2O3/c1-4-5-12-27(20-7-9-21(30-3)10-8-20)23(29)22(26-16(2)28)11-6-17-13-18(24)15-19(25)14-17/h4,7-10,13-15,22H,1,5-6,11-12H2,2-3H3,(H,26,28)/t22-/m0/s1. The Morgan fingerprint density at radius 2 is 1.80 bits per heavy atom. The second-order valence-electron chi connectivity index (χ2n) is 6.83. The van der Waals surface area contributed by atoms with Crippen LogP contribution >= 0.6 is 0 Å². The second-order valence-corrected chi connectivity index (χ2v) is 6.83. The van der Waals surface area contributed by atoms with Crippen molar-refractivity contribution < 1.29 is 23.1 Å². The van der Waals surface area contributed by atoms with Crippen LogP contribution in [0.25, 0.3) is 0 Å². The summed E-state index contributed by atoms with van der Waals surface area (Å²) in [5, 5.41) is 2.66. The molecule has 0 aliphatic carbocycles. The van der Waals surface area contributed by atoms with Crippen LogP contribution in [-0.4, -0.2) is 31.5 Å². The monoisotopic (exact) mass is 416 g/mol. The van der Waals surface area contributed by atoms with Crippen LogP contribution in [0.15, 0.2) is 55.1 Å². The highest BCUT2D eigenvalue weighted by atomic mass is 19.1. The lowest BCUT2D eigenvalue weighted by molar-refractivity contribution is -0.126. The van der Waals surface area contributed by atoms with Gasteiger partial charge in [-0.3, -0.25) is 9.59 Å². The molecule has 7 heteroatoms. The largest absolute Gasteiger partial charge is 0.497 e. The number of carbonyl (C=O) groups excluding carboxylic acids is 2. The molecule has 1 atom stereocenters. The minimum absolute atomic E-state index is 0.196. The summed E-state index contributed by atoms with van der Waals surface area (Å²) in [6.45, 7) is 5.40. The van der Waals surface area contributed by atoms with Crippen LogP contribution < -0.4 is 15.0 Å². The van der Waals surface area contributed by atoms with Crippen LogP contribution in [-0.2, 0) is 16.0 Å². The maximum atomic E-state index is 13.5. The number of aryl methyl sites for hydroxylation is 1. The smallest absolute Gasteiger partial charge is 0.249 e. The number of hydrogen-bond donors (Lipinski definition) is 1. The molecule has 160 valence electrons. The fourth-order valence-electron chi connectivity index (χ4n) is 3.11. The zero-order valence-electron chi connectivity index (χ0n) is 17.2. The van der Waals surface area contributed by atoms with Gasteiger partial charge in [0.2, 0.25) is 11.8 Å². The van der Waals surface area contributed by atoms with Gasteiger partial charge in [-0.1, -0.05) is 6.08 Å². The highest BCUT2D eigenvalue weighted by molar-refractivity contribution is 5.99. The lowest BCUT2D eigenvalue weighted by atomic mass is 10.0. The van der Waals surface area contributed by atoms with Gasteiger partial charge in [-0.25, -0.2) is 8.78 Å². The van der Waals surface area contributed by atoms with Gasteiger partial charge in [0, 0.05) is 25.2 Å². The molecule has 0 aliphatic rings. The highest BCUT2D eigenvalue weighted by Crippen LogP contribution is 2.21. The number of rotatable bonds is 10. The number of nitrogens with one attached hydrogen (secondary N) is 1. The lowest BCUT2D eigenvalue weighted by Gasteiger charge is -2.28. The first kappa shape index (κ1) is 23.1. The van der Waals surface area contributed by atoms with E-state index in [2.05, 4.69) is 11.9 Å². The van der Waals surface area contributed by atoms with Gasteiger partial charge < -0.3 is 15.0 Å². The summed E-state index contributed by atoms with van der Waals surface area (Å²) in [4.78, 5) is 26.6. The van der Waals surface area contributed by atoms with Gasteiger partial charge in [-0.2, -0.15) is 0 Å². The predicted octanol–water partition coefficient (Wildman–Crippen LogP) is 4.02. The number of carbonyl (C=O) groups is 2. The van der Waals surface area contributed by atoms with Crippen molar-refractivity contribution >= 4 is 17.5 Å². The van der Waals surface area contributed by atoms with Crippen LogP contribution in [0.2, 0.25) is 0 Å². The molecule has 0 fully saturated rings. The van der Waals surface area contributed by atoms with Crippen molar-refractivity contribution in [2.24, 2.45) is 0 Å². The molecule has 0 radical (unpaired) electrons.